The van der Waals surface area contributed by atoms with Crippen molar-refractivity contribution >= 4 is 44.7 Å². The summed E-state index contributed by atoms with van der Waals surface area (Å²) in [5, 5.41) is -0.638. The van der Waals surface area contributed by atoms with E-state index in [2.05, 4.69) is 11.9 Å². The average molecular weight is 422 g/mol. The minimum absolute atomic E-state index is 0.297. The first-order valence-corrected chi connectivity index (χ1v) is 10.0. The quantitative estimate of drug-likeness (QED) is 0.589. The molecule has 1 saturated heterocycles. The summed E-state index contributed by atoms with van der Waals surface area (Å²) in [7, 11) is -4.45. The number of rotatable bonds is 4. The van der Waals surface area contributed by atoms with Crippen molar-refractivity contribution in [2.75, 3.05) is 22.7 Å². The Morgan fingerprint density at radius 2 is 2.04 bits per heavy atom. The molecule has 1 aromatic carbocycles. The summed E-state index contributed by atoms with van der Waals surface area (Å²) < 4.78 is 55.0. The Labute approximate surface area is 160 Å². The highest BCUT2D eigenvalue weighted by Crippen LogP contribution is 2.39. The van der Waals surface area contributed by atoms with Crippen molar-refractivity contribution in [3.8, 4) is 0 Å². The lowest BCUT2D eigenvalue weighted by Gasteiger charge is -2.21. The van der Waals surface area contributed by atoms with Gasteiger partial charge in [0.25, 0.3) is 10.0 Å². The fourth-order valence-corrected chi connectivity index (χ4v) is 4.81. The fourth-order valence-electron chi connectivity index (χ4n) is 2.85. The zero-order valence-corrected chi connectivity index (χ0v) is 16.0. The van der Waals surface area contributed by atoms with E-state index in [1.807, 2.05) is 9.62 Å². The van der Waals surface area contributed by atoms with Crippen LogP contribution in [-0.4, -0.2) is 26.5 Å². The Morgan fingerprint density at radius 1 is 1.31 bits per heavy atom. The number of halogens is 4. The first-order valence-electron chi connectivity index (χ1n) is 7.77. The molecule has 1 unspecified atom stereocenters. The Bertz CT molecular complexity index is 957. The molecular weight excluding hydrogens is 407 g/mol. The van der Waals surface area contributed by atoms with Crippen LogP contribution in [0, 0.1) is 17.7 Å². The highest BCUT2D eigenvalue weighted by atomic mass is 35.5. The maximum absolute atomic E-state index is 14.8. The second-order valence-corrected chi connectivity index (χ2v) is 8.53. The molecule has 10 heteroatoms. The molecule has 1 aromatic heterocycles. The molecule has 0 amide bonds. The molecule has 1 aliphatic heterocycles. The number of nitrogens with one attached hydrogen (secondary N) is 1. The Kier molecular flexibility index (Phi) is 5.28. The van der Waals surface area contributed by atoms with Gasteiger partial charge >= 0.3 is 0 Å². The van der Waals surface area contributed by atoms with Gasteiger partial charge < -0.3 is 4.90 Å². The summed E-state index contributed by atoms with van der Waals surface area (Å²) in [5.41, 5.74) is 0.348. The lowest BCUT2D eigenvalue weighted by atomic mass is 10.2. The van der Waals surface area contributed by atoms with Gasteiger partial charge in [0.2, 0.25) is 5.95 Å². The van der Waals surface area contributed by atoms with Crippen molar-refractivity contribution in [1.82, 2.24) is 4.98 Å². The van der Waals surface area contributed by atoms with Crippen LogP contribution >= 0.6 is 23.2 Å². The Hall–Kier alpha value is -1.64. The van der Waals surface area contributed by atoms with Gasteiger partial charge in [-0.15, -0.1) is 0 Å². The van der Waals surface area contributed by atoms with E-state index in [4.69, 9.17) is 23.2 Å². The Morgan fingerprint density at radius 3 is 2.65 bits per heavy atom. The van der Waals surface area contributed by atoms with E-state index in [1.165, 1.54) is 18.2 Å². The number of benzene rings is 1. The van der Waals surface area contributed by atoms with E-state index >= 15 is 0 Å². The first kappa shape index (κ1) is 19.1. The molecule has 140 valence electrons. The molecule has 1 fully saturated rings. The number of anilines is 2. The minimum Gasteiger partial charge on any atom is -0.370 e. The molecule has 1 aliphatic rings. The van der Waals surface area contributed by atoms with Crippen LogP contribution < -0.4 is 9.62 Å². The van der Waals surface area contributed by atoms with Gasteiger partial charge in [0.15, 0.2) is 5.82 Å². The summed E-state index contributed by atoms with van der Waals surface area (Å²) in [6.07, 6.45) is 0.919. The van der Waals surface area contributed by atoms with Gasteiger partial charge in [-0.05, 0) is 30.5 Å². The molecule has 0 radical (unpaired) electrons. The minimum atomic E-state index is -4.45. The molecule has 5 nitrogen and oxygen atoms in total. The van der Waals surface area contributed by atoms with E-state index < -0.39 is 26.7 Å². The zero-order chi connectivity index (χ0) is 19.1. The largest absolute Gasteiger partial charge is 0.370 e. The van der Waals surface area contributed by atoms with Gasteiger partial charge in [-0.3, -0.25) is 4.72 Å². The summed E-state index contributed by atoms with van der Waals surface area (Å²) >= 11 is 12.2. The van der Waals surface area contributed by atoms with Crippen LogP contribution in [0.5, 0.6) is 0 Å². The number of pyridine rings is 1. The van der Waals surface area contributed by atoms with Gasteiger partial charge in [-0.1, -0.05) is 36.2 Å². The number of hydrogen-bond donors (Lipinski definition) is 1. The van der Waals surface area contributed by atoms with Crippen molar-refractivity contribution in [2.24, 2.45) is 5.92 Å². The van der Waals surface area contributed by atoms with Crippen LogP contribution in [0.1, 0.15) is 13.3 Å². The third-order valence-electron chi connectivity index (χ3n) is 4.08. The SMILES string of the molecule is CC1CCN(c2cc(Cl)c(S(=O)(=O)Nc3cccc(F)n3)c(F)c2Cl)C1. The standard InChI is InChI=1S/C16H15Cl2F2N3O2S/c1-9-5-6-23(8-9)11-7-10(17)16(15(20)14(11)18)26(24,25)22-13-4-2-3-12(19)21-13/h2-4,7,9H,5-6,8H2,1H3,(H,21,22). The van der Waals surface area contributed by atoms with Crippen molar-refractivity contribution in [1.29, 1.82) is 0 Å². The van der Waals surface area contributed by atoms with Gasteiger partial charge in [-0.25, -0.2) is 17.8 Å². The summed E-state index contributed by atoms with van der Waals surface area (Å²) in [5.74, 6) is -1.92. The molecule has 3 rings (SSSR count). The molecule has 0 aliphatic carbocycles. The summed E-state index contributed by atoms with van der Waals surface area (Å²) in [6.45, 7) is 3.40. The monoisotopic (exact) mass is 421 g/mol. The molecule has 0 bridgehead atoms. The molecule has 2 aromatic rings. The number of aromatic nitrogens is 1. The van der Waals surface area contributed by atoms with Crippen molar-refractivity contribution in [3.05, 3.63) is 46.1 Å². The summed E-state index contributed by atoms with van der Waals surface area (Å²) in [6, 6.07) is 4.88. The molecule has 1 N–H and O–H groups in total. The number of hydrogen-bond acceptors (Lipinski definition) is 4. The highest BCUT2D eigenvalue weighted by molar-refractivity contribution is 7.92. The topological polar surface area (TPSA) is 62.3 Å². The highest BCUT2D eigenvalue weighted by Gasteiger charge is 2.30. The third kappa shape index (κ3) is 3.72. The molecule has 2 heterocycles. The van der Waals surface area contributed by atoms with Crippen LogP contribution in [0.3, 0.4) is 0 Å². The van der Waals surface area contributed by atoms with E-state index in [-0.39, 0.29) is 15.9 Å². The van der Waals surface area contributed by atoms with E-state index in [1.54, 1.807) is 0 Å². The zero-order valence-electron chi connectivity index (χ0n) is 13.6. The van der Waals surface area contributed by atoms with Gasteiger partial charge in [0.1, 0.15) is 15.7 Å². The smallest absolute Gasteiger partial charge is 0.267 e. The molecule has 0 saturated carbocycles. The van der Waals surface area contributed by atoms with Crippen LogP contribution in [-0.2, 0) is 10.0 Å². The van der Waals surface area contributed by atoms with E-state index in [0.29, 0.717) is 24.7 Å². The second-order valence-electron chi connectivity index (χ2n) is 6.13. The number of nitrogens with zero attached hydrogens (tertiary/aromatic N) is 2. The maximum atomic E-state index is 14.8. The van der Waals surface area contributed by atoms with Crippen molar-refractivity contribution in [3.63, 3.8) is 0 Å². The molecule has 0 spiro atoms. The molecule has 26 heavy (non-hydrogen) atoms. The average Bonchev–Trinajstić information content (AvgIpc) is 2.96. The van der Waals surface area contributed by atoms with Crippen molar-refractivity contribution < 1.29 is 17.2 Å². The summed E-state index contributed by atoms with van der Waals surface area (Å²) in [4.78, 5) is 4.45. The van der Waals surface area contributed by atoms with Gasteiger partial charge in [0.05, 0.1) is 10.7 Å². The van der Waals surface area contributed by atoms with E-state index in [9.17, 15) is 17.2 Å². The fraction of sp³-hybridized carbons (Fsp3) is 0.312. The van der Waals surface area contributed by atoms with Crippen LogP contribution in [0.25, 0.3) is 0 Å². The van der Waals surface area contributed by atoms with Crippen LogP contribution in [0.15, 0.2) is 29.2 Å². The lowest BCUT2D eigenvalue weighted by molar-refractivity contribution is 0.569. The van der Waals surface area contributed by atoms with Crippen LogP contribution in [0.4, 0.5) is 20.3 Å². The van der Waals surface area contributed by atoms with Crippen molar-refractivity contribution in [2.45, 2.75) is 18.2 Å². The maximum Gasteiger partial charge on any atom is 0.267 e. The normalized spacial score (nSPS) is 17.6. The first-order chi connectivity index (χ1) is 12.2. The molecular formula is C16H15Cl2F2N3O2S. The van der Waals surface area contributed by atoms with Gasteiger partial charge in [-0.2, -0.15) is 4.39 Å². The number of sulfonamides is 1. The Balaban J connectivity index is 2.01. The predicted octanol–water partition coefficient (Wildman–Crippen LogP) is 4.31. The second kappa shape index (κ2) is 7.17. The predicted molar refractivity (Wildman–Crippen MR) is 97.4 cm³/mol. The lowest BCUT2D eigenvalue weighted by Crippen LogP contribution is -2.21. The van der Waals surface area contributed by atoms with E-state index in [0.717, 1.165) is 12.5 Å². The third-order valence-corrected chi connectivity index (χ3v) is 6.27. The van der Waals surface area contributed by atoms with Gasteiger partial charge in [0, 0.05) is 13.1 Å². The van der Waals surface area contributed by atoms with Crippen LogP contribution in [0.2, 0.25) is 10.0 Å². The molecule has 1 atom stereocenters.